The summed E-state index contributed by atoms with van der Waals surface area (Å²) >= 11 is 0. The average Bonchev–Trinajstić information content (AvgIpc) is 0.796. The Balaban J connectivity index is 1.01. The SMILES string of the molecule is CNC(=O)CCCCCNC(=O)CN(CC(=O)NCCCCCC(=O)NCCOC1OC(COC2OC(CO)C(O)C(O)C2O)C(O)C(OC2OC(CO)C(O)C(O)C2O)C1O)CC(=O)NCCCCCC(=O)NCCOC1OC(CO)C(O)C(O)C1OC1OC(CO)C(O)C(O)C1O. The van der Waals surface area contributed by atoms with Gasteiger partial charge in [-0.15, -0.1) is 0 Å². The van der Waals surface area contributed by atoms with E-state index in [-0.39, 0.29) is 83.7 Å². The van der Waals surface area contributed by atoms with Crippen molar-refractivity contribution in [2.24, 2.45) is 0 Å². The van der Waals surface area contributed by atoms with E-state index in [9.17, 15) is 116 Å². The van der Waals surface area contributed by atoms with E-state index in [0.717, 1.165) is 0 Å². The smallest absolute Gasteiger partial charge is 0.234 e. The average molecular weight is 1440 g/mol. The number of aliphatic hydroxyl groups excluding tert-OH is 17. The molecule has 5 heterocycles. The molecule has 5 saturated heterocycles. The van der Waals surface area contributed by atoms with E-state index in [1.165, 1.54) is 11.9 Å². The molecule has 40 heteroatoms. The Morgan fingerprint density at radius 3 is 1.07 bits per heavy atom. The lowest BCUT2D eigenvalue weighted by Gasteiger charge is -2.46. The van der Waals surface area contributed by atoms with Gasteiger partial charge in [0, 0.05) is 59.0 Å². The number of carbonyl (C=O) groups excluding carboxylic acids is 6. The zero-order chi connectivity index (χ0) is 72.9. The molecule has 5 aliphatic heterocycles. The molecule has 0 aromatic rings. The van der Waals surface area contributed by atoms with Crippen molar-refractivity contribution in [3.8, 4) is 0 Å². The molecule has 574 valence electrons. The van der Waals surface area contributed by atoms with Gasteiger partial charge in [0.2, 0.25) is 35.4 Å². The van der Waals surface area contributed by atoms with Crippen molar-refractivity contribution in [1.29, 1.82) is 0 Å². The maximum absolute atomic E-state index is 13.2. The van der Waals surface area contributed by atoms with Gasteiger partial charge in [0.1, 0.15) is 122 Å². The number of rotatable bonds is 43. The summed E-state index contributed by atoms with van der Waals surface area (Å²) in [6, 6.07) is 0. The normalized spacial score (nSPS) is 34.9. The highest BCUT2D eigenvalue weighted by Crippen LogP contribution is 2.33. The minimum Gasteiger partial charge on any atom is -0.394 e. The highest BCUT2D eigenvalue weighted by Gasteiger charge is 2.54. The first-order chi connectivity index (χ1) is 47.3. The zero-order valence-corrected chi connectivity index (χ0v) is 55.1. The van der Waals surface area contributed by atoms with Crippen molar-refractivity contribution in [3.63, 3.8) is 0 Å². The van der Waals surface area contributed by atoms with E-state index >= 15 is 0 Å². The highest BCUT2D eigenvalue weighted by atomic mass is 16.8. The summed E-state index contributed by atoms with van der Waals surface area (Å²) in [6.45, 7) is -4.84. The Kier molecular flexibility index (Phi) is 38.3. The number of unbranched alkanes of at least 4 members (excludes halogenated alkanes) is 6. The van der Waals surface area contributed by atoms with E-state index in [2.05, 4.69) is 31.9 Å². The Labute approximate surface area is 570 Å². The summed E-state index contributed by atoms with van der Waals surface area (Å²) in [5.74, 6) is -2.29. The predicted octanol–water partition coefficient (Wildman–Crippen LogP) is -12.6. The number of nitrogens with one attached hydrogen (secondary N) is 6. The lowest BCUT2D eigenvalue weighted by Crippen LogP contribution is -2.65. The Morgan fingerprint density at radius 1 is 0.323 bits per heavy atom. The number of nitrogens with zero attached hydrogens (tertiary/aromatic N) is 1. The van der Waals surface area contributed by atoms with Gasteiger partial charge >= 0.3 is 0 Å². The molecule has 0 aliphatic carbocycles. The Hall–Kier alpha value is -4.30. The molecular formula is C59H105N7O33. The molecule has 40 nitrogen and oxygen atoms in total. The van der Waals surface area contributed by atoms with Gasteiger partial charge < -0.3 is 166 Å². The molecule has 25 unspecified atom stereocenters. The second-order valence-corrected chi connectivity index (χ2v) is 24.6. The van der Waals surface area contributed by atoms with Crippen LogP contribution in [0.15, 0.2) is 0 Å². The number of hydrogen-bond donors (Lipinski definition) is 23. The van der Waals surface area contributed by atoms with E-state index in [4.69, 9.17) is 47.4 Å². The van der Waals surface area contributed by atoms with Crippen LogP contribution in [0.4, 0.5) is 0 Å². The topological polar surface area (TPSA) is 614 Å². The van der Waals surface area contributed by atoms with Crippen LogP contribution in [0, 0.1) is 0 Å². The molecule has 5 fully saturated rings. The van der Waals surface area contributed by atoms with Crippen molar-refractivity contribution in [2.75, 3.05) is 106 Å². The summed E-state index contributed by atoms with van der Waals surface area (Å²) in [7, 11) is 1.54. The van der Waals surface area contributed by atoms with Gasteiger partial charge in [-0.05, 0) is 38.5 Å². The molecule has 0 bridgehead atoms. The minimum absolute atomic E-state index is 0.0426. The van der Waals surface area contributed by atoms with Crippen LogP contribution >= 0.6 is 0 Å². The largest absolute Gasteiger partial charge is 0.394 e. The summed E-state index contributed by atoms with van der Waals surface area (Å²) in [5, 5.41) is 191. The summed E-state index contributed by atoms with van der Waals surface area (Å²) in [5.41, 5.74) is 0. The fraction of sp³-hybridized carbons (Fsp3) is 0.898. The molecule has 0 aromatic heterocycles. The number of carbonyl (C=O) groups is 6. The molecule has 0 aromatic carbocycles. The van der Waals surface area contributed by atoms with Crippen molar-refractivity contribution < 1.29 is 163 Å². The standard InChI is InChI=1S/C59H105N7O33/c1-60-34(71)11-5-2-8-14-61-37(74)21-66(23-39(76)63-16-10-4-7-13-36(73)65-18-20-91-59-54(48(85)43(80)32(27-70)96-59)99-58-51(88)47(84)42(79)31(26-69)95-58)22-38(75)62-15-9-3-6-12-35(72)64-17-19-90-56-52(89)53(98-57-50(87)46(83)41(78)30(25-68)94-57)44(81)33(97-56)28-92-55-49(86)45(82)40(77)29(24-67)93-55/h29-33,40-59,67-70,77-89H,2-28H2,1H3,(H,60,71)(H,61,74)(H,62,75)(H,63,76)(H,64,72)(H,65,73). The first kappa shape index (κ1) is 85.3. The molecule has 5 rings (SSSR count). The van der Waals surface area contributed by atoms with Crippen LogP contribution in [0.1, 0.15) is 77.0 Å². The van der Waals surface area contributed by atoms with Crippen LogP contribution < -0.4 is 31.9 Å². The lowest BCUT2D eigenvalue weighted by molar-refractivity contribution is -0.367. The summed E-state index contributed by atoms with van der Waals surface area (Å²) < 4.78 is 55.7. The number of hydrogen-bond acceptors (Lipinski definition) is 34. The number of amides is 6. The lowest BCUT2D eigenvalue weighted by atomic mass is 9.96. The van der Waals surface area contributed by atoms with E-state index in [0.29, 0.717) is 70.8 Å². The van der Waals surface area contributed by atoms with Crippen LogP contribution in [-0.4, -0.2) is 386 Å². The first-order valence-corrected chi connectivity index (χ1v) is 33.3. The second-order valence-electron chi connectivity index (χ2n) is 24.6. The third-order valence-corrected chi connectivity index (χ3v) is 17.0. The highest BCUT2D eigenvalue weighted by molar-refractivity contribution is 5.84. The van der Waals surface area contributed by atoms with E-state index in [1.807, 2.05) is 0 Å². The van der Waals surface area contributed by atoms with Crippen LogP contribution in [0.25, 0.3) is 0 Å². The second kappa shape index (κ2) is 44.4. The Morgan fingerprint density at radius 2 is 0.657 bits per heavy atom. The molecule has 0 spiro atoms. The van der Waals surface area contributed by atoms with Crippen molar-refractivity contribution >= 4 is 35.4 Å². The maximum Gasteiger partial charge on any atom is 0.234 e. The van der Waals surface area contributed by atoms with Crippen LogP contribution in [-0.2, 0) is 76.1 Å². The first-order valence-electron chi connectivity index (χ1n) is 33.3. The Bertz CT molecular complexity index is 2380. The third kappa shape index (κ3) is 26.7. The molecule has 0 radical (unpaired) electrons. The van der Waals surface area contributed by atoms with Gasteiger partial charge in [-0.25, -0.2) is 0 Å². The number of ether oxygens (including phenoxy) is 10. The van der Waals surface area contributed by atoms with Crippen molar-refractivity contribution in [1.82, 2.24) is 36.8 Å². The van der Waals surface area contributed by atoms with Gasteiger partial charge in [-0.3, -0.25) is 33.7 Å². The molecule has 23 N–H and O–H groups in total. The quantitative estimate of drug-likeness (QED) is 0.0252. The van der Waals surface area contributed by atoms with Gasteiger partial charge in [0.05, 0.1) is 65.9 Å². The van der Waals surface area contributed by atoms with Gasteiger partial charge in [-0.1, -0.05) is 19.3 Å². The summed E-state index contributed by atoms with van der Waals surface area (Å²) in [4.78, 5) is 77.7. The van der Waals surface area contributed by atoms with Crippen molar-refractivity contribution in [3.05, 3.63) is 0 Å². The monoisotopic (exact) mass is 1440 g/mol. The molecule has 0 saturated carbocycles. The van der Waals surface area contributed by atoms with Gasteiger partial charge in [0.15, 0.2) is 31.5 Å². The maximum atomic E-state index is 13.2. The third-order valence-electron chi connectivity index (χ3n) is 17.0. The number of aliphatic hydroxyl groups is 17. The van der Waals surface area contributed by atoms with Crippen LogP contribution in [0.2, 0.25) is 0 Å². The molecule has 25 atom stereocenters. The van der Waals surface area contributed by atoms with Crippen molar-refractivity contribution in [2.45, 2.75) is 231 Å². The predicted molar refractivity (Wildman–Crippen MR) is 328 cm³/mol. The minimum atomic E-state index is -1.96. The summed E-state index contributed by atoms with van der Waals surface area (Å²) in [6.07, 6.45) is -37.4. The molecule has 99 heavy (non-hydrogen) atoms. The van der Waals surface area contributed by atoms with Gasteiger partial charge in [0.25, 0.3) is 0 Å². The zero-order valence-electron chi connectivity index (χ0n) is 55.1. The fourth-order valence-corrected chi connectivity index (χ4v) is 11.2. The molecular weight excluding hydrogens is 1330 g/mol. The van der Waals surface area contributed by atoms with Crippen LogP contribution in [0.3, 0.4) is 0 Å². The van der Waals surface area contributed by atoms with E-state index in [1.54, 1.807) is 0 Å². The molecule has 5 aliphatic rings. The fourth-order valence-electron chi connectivity index (χ4n) is 11.2. The van der Waals surface area contributed by atoms with Crippen LogP contribution in [0.5, 0.6) is 0 Å². The molecule has 6 amide bonds. The van der Waals surface area contributed by atoms with E-state index < -0.39 is 210 Å². The van der Waals surface area contributed by atoms with Gasteiger partial charge in [-0.2, -0.15) is 0 Å².